The van der Waals surface area contributed by atoms with Gasteiger partial charge in [0.05, 0.1) is 0 Å². The number of benzene rings is 4. The summed E-state index contributed by atoms with van der Waals surface area (Å²) in [5, 5.41) is 0. The lowest BCUT2D eigenvalue weighted by molar-refractivity contribution is 0.743. The van der Waals surface area contributed by atoms with Gasteiger partial charge in [-0.05, 0) is 24.6 Å². The van der Waals surface area contributed by atoms with Crippen molar-refractivity contribution in [3.05, 3.63) is 138 Å². The minimum atomic E-state index is -0.216. The van der Waals surface area contributed by atoms with E-state index < -0.39 is 0 Å². The first-order valence-electron chi connectivity index (χ1n) is 10.5. The third kappa shape index (κ3) is 3.90. The Morgan fingerprint density at radius 3 is 1.77 bits per heavy atom. The summed E-state index contributed by atoms with van der Waals surface area (Å²) in [6.07, 6.45) is -0.216. The molecule has 0 N–H and O–H groups in total. The van der Waals surface area contributed by atoms with Gasteiger partial charge in [0.2, 0.25) is 0 Å². The minimum Gasteiger partial charge on any atom is -0.299 e. The van der Waals surface area contributed by atoms with Gasteiger partial charge in [0.25, 0.3) is 0 Å². The van der Waals surface area contributed by atoms with Gasteiger partial charge < -0.3 is 0 Å². The van der Waals surface area contributed by atoms with Crippen molar-refractivity contribution in [1.29, 1.82) is 0 Å². The average molecular weight is 402 g/mol. The lowest BCUT2D eigenvalue weighted by Crippen LogP contribution is -2.39. The average Bonchev–Trinajstić information content (AvgIpc) is 2.85. The van der Waals surface area contributed by atoms with Crippen molar-refractivity contribution in [2.24, 2.45) is 9.98 Å². The highest BCUT2D eigenvalue weighted by atomic mass is 15.3. The van der Waals surface area contributed by atoms with E-state index in [1.807, 2.05) is 30.3 Å². The summed E-state index contributed by atoms with van der Waals surface area (Å²) < 4.78 is 0. The highest BCUT2D eigenvalue weighted by Crippen LogP contribution is 2.34. The van der Waals surface area contributed by atoms with Gasteiger partial charge in [0, 0.05) is 16.8 Å². The summed E-state index contributed by atoms with van der Waals surface area (Å²) in [7, 11) is 0. The molecule has 1 atom stereocenters. The molecule has 0 radical (unpaired) electrons. The summed E-state index contributed by atoms with van der Waals surface area (Å²) in [5.41, 5.74) is 5.49. The van der Waals surface area contributed by atoms with Crippen molar-refractivity contribution >= 4 is 17.4 Å². The van der Waals surface area contributed by atoms with E-state index in [-0.39, 0.29) is 6.17 Å². The van der Waals surface area contributed by atoms with Gasteiger partial charge in [-0.25, -0.2) is 9.98 Å². The number of hydrogen-bond acceptors (Lipinski definition) is 3. The van der Waals surface area contributed by atoms with Crippen LogP contribution in [0, 0.1) is 6.92 Å². The Morgan fingerprint density at radius 2 is 1.16 bits per heavy atom. The maximum atomic E-state index is 5.13. The molecular formula is C28H23N3. The van der Waals surface area contributed by atoms with Crippen molar-refractivity contribution in [1.82, 2.24) is 0 Å². The maximum Gasteiger partial charge on any atom is 0.159 e. The topological polar surface area (TPSA) is 28.0 Å². The molecule has 3 heteroatoms. The molecule has 3 nitrogen and oxygen atoms in total. The molecule has 4 aromatic carbocycles. The number of aliphatic imine (C=N–C) groups is 2. The second-order valence-electron chi connectivity index (χ2n) is 7.61. The maximum absolute atomic E-state index is 5.13. The molecule has 1 heterocycles. The van der Waals surface area contributed by atoms with Gasteiger partial charge in [0.15, 0.2) is 12.0 Å². The molecule has 0 saturated carbocycles. The summed E-state index contributed by atoms with van der Waals surface area (Å²) in [6, 6.07) is 39.5. The van der Waals surface area contributed by atoms with Gasteiger partial charge in [-0.1, -0.05) is 109 Å². The van der Waals surface area contributed by atoms with E-state index in [0.29, 0.717) is 0 Å². The van der Waals surface area contributed by atoms with Crippen LogP contribution in [0.15, 0.2) is 125 Å². The first-order valence-corrected chi connectivity index (χ1v) is 10.5. The van der Waals surface area contributed by atoms with Gasteiger partial charge in [-0.2, -0.15) is 0 Å². The quantitative estimate of drug-likeness (QED) is 0.388. The molecule has 0 saturated heterocycles. The van der Waals surface area contributed by atoms with Crippen molar-refractivity contribution in [3.63, 3.8) is 0 Å². The number of aryl methyl sites for hydroxylation is 1. The zero-order valence-electron chi connectivity index (χ0n) is 17.4. The molecule has 0 aliphatic carbocycles. The number of hydrogen-bond donors (Lipinski definition) is 0. The van der Waals surface area contributed by atoms with Gasteiger partial charge in [-0.15, -0.1) is 0 Å². The van der Waals surface area contributed by atoms with Gasteiger partial charge in [0.1, 0.15) is 5.84 Å². The van der Waals surface area contributed by atoms with E-state index in [0.717, 1.165) is 34.0 Å². The molecule has 4 aromatic rings. The van der Waals surface area contributed by atoms with Gasteiger partial charge in [-0.3, -0.25) is 4.90 Å². The second kappa shape index (κ2) is 8.41. The van der Waals surface area contributed by atoms with Crippen LogP contribution in [-0.4, -0.2) is 11.7 Å². The smallest absolute Gasteiger partial charge is 0.159 e. The Kier molecular flexibility index (Phi) is 5.16. The SMILES string of the molecule is Cc1ccc(N2C(c3ccccc3)=NC(c3ccccc3)=NC2c2ccccc2)cc1. The highest BCUT2D eigenvalue weighted by molar-refractivity contribution is 6.19. The molecule has 1 unspecified atom stereocenters. The monoisotopic (exact) mass is 401 g/mol. The van der Waals surface area contributed by atoms with Crippen molar-refractivity contribution in [3.8, 4) is 0 Å². The molecule has 0 amide bonds. The lowest BCUT2D eigenvalue weighted by atomic mass is 10.1. The number of anilines is 1. The molecule has 0 fully saturated rings. The van der Waals surface area contributed by atoms with E-state index in [9.17, 15) is 0 Å². The zero-order chi connectivity index (χ0) is 21.0. The van der Waals surface area contributed by atoms with Crippen LogP contribution in [0.4, 0.5) is 5.69 Å². The number of amidine groups is 2. The third-order valence-corrected chi connectivity index (χ3v) is 5.40. The van der Waals surface area contributed by atoms with E-state index in [2.05, 4.69) is 96.8 Å². The number of rotatable bonds is 4. The van der Waals surface area contributed by atoms with Crippen LogP contribution in [0.1, 0.15) is 28.4 Å². The molecule has 0 aromatic heterocycles. The van der Waals surface area contributed by atoms with E-state index in [1.165, 1.54) is 5.56 Å². The predicted molar refractivity (Wildman–Crippen MR) is 129 cm³/mol. The fraction of sp³-hybridized carbons (Fsp3) is 0.0714. The van der Waals surface area contributed by atoms with E-state index in [4.69, 9.17) is 9.98 Å². The molecular weight excluding hydrogens is 378 g/mol. The zero-order valence-corrected chi connectivity index (χ0v) is 17.4. The number of nitrogens with zero attached hydrogens (tertiary/aromatic N) is 3. The normalized spacial score (nSPS) is 15.9. The largest absolute Gasteiger partial charge is 0.299 e. The third-order valence-electron chi connectivity index (χ3n) is 5.40. The summed E-state index contributed by atoms with van der Waals surface area (Å²) >= 11 is 0. The van der Waals surface area contributed by atoms with Crippen LogP contribution in [0.2, 0.25) is 0 Å². The molecule has 5 rings (SSSR count). The molecule has 0 spiro atoms. The first-order chi connectivity index (χ1) is 15.3. The Hall–Kier alpha value is -3.98. The second-order valence-corrected chi connectivity index (χ2v) is 7.61. The van der Waals surface area contributed by atoms with Gasteiger partial charge >= 0.3 is 0 Å². The van der Waals surface area contributed by atoms with Crippen molar-refractivity contribution < 1.29 is 0 Å². The Morgan fingerprint density at radius 1 is 0.613 bits per heavy atom. The van der Waals surface area contributed by atoms with E-state index >= 15 is 0 Å². The molecule has 31 heavy (non-hydrogen) atoms. The van der Waals surface area contributed by atoms with Crippen molar-refractivity contribution in [2.45, 2.75) is 13.1 Å². The highest BCUT2D eigenvalue weighted by Gasteiger charge is 2.30. The Labute approximate surface area is 183 Å². The summed E-state index contributed by atoms with van der Waals surface area (Å²) in [4.78, 5) is 12.4. The first kappa shape index (κ1) is 19.0. The van der Waals surface area contributed by atoms with Crippen LogP contribution in [0.5, 0.6) is 0 Å². The van der Waals surface area contributed by atoms with Crippen LogP contribution in [0.3, 0.4) is 0 Å². The van der Waals surface area contributed by atoms with Crippen LogP contribution < -0.4 is 4.90 Å². The predicted octanol–water partition coefficient (Wildman–Crippen LogP) is 6.41. The standard InChI is InChI=1S/C28H23N3/c1-21-17-19-25(20-18-21)31-27(23-13-7-3-8-14-23)29-26(22-11-5-2-6-12-22)30-28(31)24-15-9-4-10-16-24/h2-20,27H,1H3. The van der Waals surface area contributed by atoms with E-state index in [1.54, 1.807) is 0 Å². The minimum absolute atomic E-state index is 0.216. The van der Waals surface area contributed by atoms with Crippen LogP contribution >= 0.6 is 0 Å². The van der Waals surface area contributed by atoms with Crippen molar-refractivity contribution in [2.75, 3.05) is 4.90 Å². The fourth-order valence-corrected chi connectivity index (χ4v) is 3.81. The molecule has 0 bridgehead atoms. The fourth-order valence-electron chi connectivity index (χ4n) is 3.81. The molecule has 1 aliphatic rings. The molecule has 1 aliphatic heterocycles. The van der Waals surface area contributed by atoms with Crippen LogP contribution in [-0.2, 0) is 0 Å². The Bertz CT molecular complexity index is 1210. The lowest BCUT2D eigenvalue weighted by Gasteiger charge is -2.35. The molecule has 150 valence electrons. The van der Waals surface area contributed by atoms with Crippen LogP contribution in [0.25, 0.3) is 0 Å². The summed E-state index contributed by atoms with van der Waals surface area (Å²) in [5.74, 6) is 1.64. The Balaban J connectivity index is 1.73. The summed E-state index contributed by atoms with van der Waals surface area (Å²) in [6.45, 7) is 2.10.